The lowest BCUT2D eigenvalue weighted by molar-refractivity contribution is 0.532. The van der Waals surface area contributed by atoms with E-state index >= 15 is 0 Å². The molecule has 0 bridgehead atoms. The van der Waals surface area contributed by atoms with Crippen molar-refractivity contribution in [3.05, 3.63) is 41.5 Å². The predicted molar refractivity (Wildman–Crippen MR) is 64.7 cm³/mol. The van der Waals surface area contributed by atoms with Crippen LogP contribution in [0.4, 0.5) is 4.39 Å². The normalized spacial score (nSPS) is 12.2. The maximum Gasteiger partial charge on any atom is 0.141 e. The molecule has 0 aliphatic heterocycles. The minimum absolute atomic E-state index is 0.191. The second-order valence-corrected chi connectivity index (χ2v) is 4.05. The van der Waals surface area contributed by atoms with Crippen molar-refractivity contribution in [2.75, 3.05) is 6.54 Å². The maximum atomic E-state index is 12.7. The number of hydrogen-bond donors (Lipinski definition) is 1. The van der Waals surface area contributed by atoms with E-state index in [1.165, 1.54) is 17.8 Å². The van der Waals surface area contributed by atoms with Crippen molar-refractivity contribution >= 4 is 0 Å². The quantitative estimate of drug-likeness (QED) is 0.774. The van der Waals surface area contributed by atoms with Gasteiger partial charge in [-0.3, -0.25) is 4.98 Å². The van der Waals surface area contributed by atoms with Gasteiger partial charge in [-0.15, -0.1) is 0 Å². The average Bonchev–Trinajstić information content (AvgIpc) is 2.26. The number of pyridine rings is 1. The van der Waals surface area contributed by atoms with Crippen LogP contribution in [0.15, 0.2) is 30.0 Å². The van der Waals surface area contributed by atoms with Gasteiger partial charge in [-0.1, -0.05) is 18.6 Å². The Bertz CT molecular complexity index is 339. The zero-order valence-corrected chi connectivity index (χ0v) is 10.1. The average molecular weight is 222 g/mol. The minimum atomic E-state index is -0.289. The molecule has 0 saturated heterocycles. The Balaban J connectivity index is 2.60. The fourth-order valence-electron chi connectivity index (χ4n) is 1.46. The van der Waals surface area contributed by atoms with Crippen LogP contribution in [0.5, 0.6) is 0 Å². The molecule has 1 rings (SSSR count). The van der Waals surface area contributed by atoms with Crippen molar-refractivity contribution in [2.45, 2.75) is 33.2 Å². The van der Waals surface area contributed by atoms with Crippen LogP contribution in [0.25, 0.3) is 0 Å². The molecule has 0 saturated carbocycles. The van der Waals surface area contributed by atoms with Crippen molar-refractivity contribution in [2.24, 2.45) is 0 Å². The Morgan fingerprint density at radius 2 is 2.25 bits per heavy atom. The molecule has 1 N–H and O–H groups in total. The second-order valence-electron chi connectivity index (χ2n) is 4.05. The number of allylic oxidation sites excluding steroid dienone is 1. The third-order valence-electron chi connectivity index (χ3n) is 2.39. The molecular formula is C13H19FN2. The number of hydrogen-bond acceptors (Lipinski definition) is 2. The largest absolute Gasteiger partial charge is 0.305 e. The number of nitrogens with zero attached hydrogens (tertiary/aromatic N) is 1. The van der Waals surface area contributed by atoms with Crippen LogP contribution < -0.4 is 5.32 Å². The van der Waals surface area contributed by atoms with Crippen LogP contribution in [0.1, 0.15) is 38.9 Å². The molecule has 0 aliphatic rings. The minimum Gasteiger partial charge on any atom is -0.305 e. The van der Waals surface area contributed by atoms with Gasteiger partial charge in [0.25, 0.3) is 0 Å². The lowest BCUT2D eigenvalue weighted by atomic mass is 10.1. The molecule has 0 fully saturated rings. The molecule has 0 amide bonds. The Labute approximate surface area is 96.6 Å². The number of aromatic nitrogens is 1. The molecule has 0 aliphatic carbocycles. The smallest absolute Gasteiger partial charge is 0.141 e. The highest BCUT2D eigenvalue weighted by molar-refractivity contribution is 5.10. The van der Waals surface area contributed by atoms with Crippen LogP contribution in [-0.2, 0) is 0 Å². The highest BCUT2D eigenvalue weighted by Gasteiger charge is 2.08. The number of halogens is 1. The summed E-state index contributed by atoms with van der Waals surface area (Å²) in [6.45, 7) is 7.04. The number of rotatable bonds is 5. The van der Waals surface area contributed by atoms with Gasteiger partial charge in [-0.05, 0) is 32.4 Å². The van der Waals surface area contributed by atoms with Crippen molar-refractivity contribution in [3.63, 3.8) is 0 Å². The predicted octanol–water partition coefficient (Wildman–Crippen LogP) is 3.23. The maximum absolute atomic E-state index is 12.7. The third kappa shape index (κ3) is 4.11. The van der Waals surface area contributed by atoms with E-state index in [1.807, 2.05) is 0 Å². The molecule has 0 radical (unpaired) electrons. The van der Waals surface area contributed by atoms with Crippen molar-refractivity contribution in [1.82, 2.24) is 10.3 Å². The van der Waals surface area contributed by atoms with Crippen LogP contribution in [0.2, 0.25) is 0 Å². The van der Waals surface area contributed by atoms with Gasteiger partial charge in [0.2, 0.25) is 0 Å². The highest BCUT2D eigenvalue weighted by atomic mass is 19.1. The lowest BCUT2D eigenvalue weighted by Gasteiger charge is -2.15. The third-order valence-corrected chi connectivity index (χ3v) is 2.39. The second kappa shape index (κ2) is 6.38. The molecular weight excluding hydrogens is 203 g/mol. The first kappa shape index (κ1) is 12.8. The van der Waals surface area contributed by atoms with Gasteiger partial charge in [0.1, 0.15) is 5.82 Å². The zero-order chi connectivity index (χ0) is 12.0. The molecule has 0 aromatic carbocycles. The van der Waals surface area contributed by atoms with Gasteiger partial charge in [0.15, 0.2) is 0 Å². The molecule has 1 unspecified atom stereocenters. The fourth-order valence-corrected chi connectivity index (χ4v) is 1.46. The van der Waals surface area contributed by atoms with E-state index in [4.69, 9.17) is 0 Å². The Morgan fingerprint density at radius 3 is 2.75 bits per heavy atom. The summed E-state index contributed by atoms with van der Waals surface area (Å²) >= 11 is 0. The van der Waals surface area contributed by atoms with Crippen LogP contribution >= 0.6 is 0 Å². The topological polar surface area (TPSA) is 24.9 Å². The molecule has 0 spiro atoms. The molecule has 1 aromatic rings. The van der Waals surface area contributed by atoms with E-state index in [0.29, 0.717) is 0 Å². The van der Waals surface area contributed by atoms with Gasteiger partial charge < -0.3 is 5.32 Å². The van der Waals surface area contributed by atoms with Gasteiger partial charge in [0, 0.05) is 12.6 Å². The van der Waals surface area contributed by atoms with Crippen LogP contribution in [-0.4, -0.2) is 11.5 Å². The summed E-state index contributed by atoms with van der Waals surface area (Å²) in [4.78, 5) is 4.09. The first-order valence-electron chi connectivity index (χ1n) is 5.61. The Kier molecular flexibility index (Phi) is 5.12. The van der Waals surface area contributed by atoms with Crippen LogP contribution in [0, 0.1) is 5.82 Å². The summed E-state index contributed by atoms with van der Waals surface area (Å²) in [6, 6.07) is 3.38. The van der Waals surface area contributed by atoms with Gasteiger partial charge in [-0.2, -0.15) is 0 Å². The Morgan fingerprint density at radius 1 is 1.50 bits per heavy atom. The van der Waals surface area contributed by atoms with Crippen molar-refractivity contribution in [3.8, 4) is 0 Å². The first-order valence-corrected chi connectivity index (χ1v) is 5.61. The summed E-state index contributed by atoms with van der Waals surface area (Å²) in [6.07, 6.45) is 4.34. The summed E-state index contributed by atoms with van der Waals surface area (Å²) in [7, 11) is 0. The van der Waals surface area contributed by atoms with Crippen LogP contribution in [0.3, 0.4) is 0 Å². The lowest BCUT2D eigenvalue weighted by Crippen LogP contribution is -2.21. The summed E-state index contributed by atoms with van der Waals surface area (Å²) in [5.41, 5.74) is 2.18. The Hall–Kier alpha value is -1.22. The molecule has 3 heteroatoms. The first-order chi connectivity index (χ1) is 7.63. The zero-order valence-electron chi connectivity index (χ0n) is 10.1. The molecule has 2 nitrogen and oxygen atoms in total. The van der Waals surface area contributed by atoms with E-state index in [1.54, 1.807) is 6.07 Å². The van der Waals surface area contributed by atoms with E-state index in [9.17, 15) is 4.39 Å². The van der Waals surface area contributed by atoms with Gasteiger partial charge >= 0.3 is 0 Å². The SMILES string of the molecule is CCC(NCC=C(C)C)c1ccc(F)cn1. The molecule has 1 atom stereocenters. The monoisotopic (exact) mass is 222 g/mol. The molecule has 1 heterocycles. The van der Waals surface area contributed by atoms with E-state index < -0.39 is 0 Å². The van der Waals surface area contributed by atoms with Crippen molar-refractivity contribution < 1.29 is 4.39 Å². The van der Waals surface area contributed by atoms with Gasteiger partial charge in [-0.25, -0.2) is 4.39 Å². The van der Waals surface area contributed by atoms with Gasteiger partial charge in [0.05, 0.1) is 11.9 Å². The molecule has 88 valence electrons. The van der Waals surface area contributed by atoms with E-state index in [-0.39, 0.29) is 11.9 Å². The molecule has 16 heavy (non-hydrogen) atoms. The van der Waals surface area contributed by atoms with E-state index in [0.717, 1.165) is 18.7 Å². The van der Waals surface area contributed by atoms with E-state index in [2.05, 4.69) is 37.1 Å². The summed E-state index contributed by atoms with van der Waals surface area (Å²) < 4.78 is 12.7. The highest BCUT2D eigenvalue weighted by Crippen LogP contribution is 2.13. The van der Waals surface area contributed by atoms with Crippen molar-refractivity contribution in [1.29, 1.82) is 0 Å². The summed E-state index contributed by atoms with van der Waals surface area (Å²) in [5.74, 6) is -0.289. The fraction of sp³-hybridized carbons (Fsp3) is 0.462. The molecule has 1 aromatic heterocycles. The summed E-state index contributed by atoms with van der Waals surface area (Å²) in [5, 5.41) is 3.38. The standard InChI is InChI=1S/C13H19FN2/c1-4-12(15-8-7-10(2)3)13-6-5-11(14)9-16-13/h5-7,9,12,15H,4,8H2,1-3H3. The number of nitrogens with one attached hydrogen (secondary N) is 1.